The minimum Gasteiger partial charge on any atom is -0.373 e. The molecule has 15 heavy (non-hydrogen) atoms. The van der Waals surface area contributed by atoms with Crippen LogP contribution < -0.4 is 5.32 Å². The highest BCUT2D eigenvalue weighted by atomic mass is 16.5. The third kappa shape index (κ3) is 2.94. The van der Waals surface area contributed by atoms with Crippen molar-refractivity contribution in [2.75, 3.05) is 0 Å². The van der Waals surface area contributed by atoms with Crippen LogP contribution in [0.4, 0.5) is 0 Å². The first-order chi connectivity index (χ1) is 7.15. The van der Waals surface area contributed by atoms with E-state index in [-0.39, 0.29) is 0 Å². The van der Waals surface area contributed by atoms with Crippen LogP contribution in [0.5, 0.6) is 0 Å². The Kier molecular flexibility index (Phi) is 3.68. The van der Waals surface area contributed by atoms with E-state index in [4.69, 9.17) is 4.74 Å². The van der Waals surface area contributed by atoms with Crippen LogP contribution in [-0.2, 0) is 4.74 Å². The first-order valence-corrected chi connectivity index (χ1v) is 6.56. The Balaban J connectivity index is 1.68. The molecule has 1 N–H and O–H groups in total. The lowest BCUT2D eigenvalue weighted by Crippen LogP contribution is -2.42. The van der Waals surface area contributed by atoms with Crippen LogP contribution in [0.2, 0.25) is 0 Å². The van der Waals surface area contributed by atoms with Crippen LogP contribution in [-0.4, -0.2) is 24.3 Å². The van der Waals surface area contributed by atoms with Crippen LogP contribution in [0.15, 0.2) is 0 Å². The fourth-order valence-corrected chi connectivity index (χ4v) is 2.85. The molecule has 2 heterocycles. The van der Waals surface area contributed by atoms with Gasteiger partial charge in [0.2, 0.25) is 0 Å². The van der Waals surface area contributed by atoms with Gasteiger partial charge < -0.3 is 10.1 Å². The summed E-state index contributed by atoms with van der Waals surface area (Å²) in [4.78, 5) is 0. The smallest absolute Gasteiger partial charge is 0.0733 e. The molecule has 2 nitrogen and oxygen atoms in total. The van der Waals surface area contributed by atoms with Gasteiger partial charge in [-0.05, 0) is 44.9 Å². The normalized spacial score (nSPS) is 36.4. The van der Waals surface area contributed by atoms with Gasteiger partial charge in [-0.15, -0.1) is 0 Å². The summed E-state index contributed by atoms with van der Waals surface area (Å²) in [6.45, 7) is 6.91. The van der Waals surface area contributed by atoms with E-state index in [1.165, 1.54) is 32.1 Å². The van der Waals surface area contributed by atoms with Gasteiger partial charge in [0.1, 0.15) is 0 Å². The second-order valence-corrected chi connectivity index (χ2v) is 5.75. The number of ether oxygens (including phenoxy) is 1. The molecule has 2 aliphatic heterocycles. The maximum atomic E-state index is 5.85. The lowest BCUT2D eigenvalue weighted by Gasteiger charge is -2.25. The van der Waals surface area contributed by atoms with Crippen molar-refractivity contribution in [3.05, 3.63) is 0 Å². The summed E-state index contributed by atoms with van der Waals surface area (Å²) < 4.78 is 5.85. The first kappa shape index (κ1) is 11.4. The van der Waals surface area contributed by atoms with Crippen LogP contribution in [0.1, 0.15) is 52.9 Å². The molecular weight excluding hydrogens is 186 g/mol. The summed E-state index contributed by atoms with van der Waals surface area (Å²) in [5, 5.41) is 3.74. The van der Waals surface area contributed by atoms with E-state index < -0.39 is 0 Å². The van der Waals surface area contributed by atoms with Crippen molar-refractivity contribution in [3.63, 3.8) is 0 Å². The molecule has 4 unspecified atom stereocenters. The van der Waals surface area contributed by atoms with Crippen molar-refractivity contribution in [2.45, 2.75) is 77.2 Å². The summed E-state index contributed by atoms with van der Waals surface area (Å²) in [5.74, 6) is 0.825. The summed E-state index contributed by atoms with van der Waals surface area (Å²) in [5.41, 5.74) is 0. The molecule has 2 bridgehead atoms. The van der Waals surface area contributed by atoms with Gasteiger partial charge in [-0.1, -0.05) is 13.8 Å². The Morgan fingerprint density at radius 1 is 1.20 bits per heavy atom. The van der Waals surface area contributed by atoms with Crippen molar-refractivity contribution >= 4 is 0 Å². The van der Waals surface area contributed by atoms with Gasteiger partial charge in [-0.2, -0.15) is 0 Å². The van der Waals surface area contributed by atoms with E-state index in [1.807, 2.05) is 0 Å². The fraction of sp³-hybridized carbons (Fsp3) is 1.00. The average molecular weight is 211 g/mol. The van der Waals surface area contributed by atoms with E-state index in [0.717, 1.165) is 5.92 Å². The highest BCUT2D eigenvalue weighted by molar-refractivity contribution is 4.94. The second-order valence-electron chi connectivity index (χ2n) is 5.75. The number of hydrogen-bond donors (Lipinski definition) is 1. The predicted octanol–water partition coefficient (Wildman–Crippen LogP) is 2.72. The van der Waals surface area contributed by atoms with E-state index in [1.54, 1.807) is 0 Å². The minimum atomic E-state index is 0.525. The average Bonchev–Trinajstić information content (AvgIpc) is 2.76. The molecule has 2 aliphatic rings. The largest absolute Gasteiger partial charge is 0.373 e. The van der Waals surface area contributed by atoms with Gasteiger partial charge in [-0.25, -0.2) is 0 Å². The van der Waals surface area contributed by atoms with Crippen molar-refractivity contribution in [1.29, 1.82) is 0 Å². The maximum Gasteiger partial charge on any atom is 0.0733 e. The molecule has 0 saturated carbocycles. The highest BCUT2D eigenvalue weighted by Gasteiger charge is 2.40. The van der Waals surface area contributed by atoms with Crippen LogP contribution in [0.3, 0.4) is 0 Å². The van der Waals surface area contributed by atoms with E-state index in [9.17, 15) is 0 Å². The quantitative estimate of drug-likeness (QED) is 0.755. The van der Waals surface area contributed by atoms with Crippen molar-refractivity contribution in [3.8, 4) is 0 Å². The SMILES string of the molecule is CC(C)CCC(C)NC1CC2CCC1O2. The van der Waals surface area contributed by atoms with E-state index in [2.05, 4.69) is 26.1 Å². The molecule has 0 aromatic heterocycles. The molecule has 0 radical (unpaired) electrons. The summed E-state index contributed by atoms with van der Waals surface area (Å²) in [7, 11) is 0. The van der Waals surface area contributed by atoms with Crippen molar-refractivity contribution < 1.29 is 4.74 Å². The number of rotatable bonds is 5. The molecule has 0 aromatic carbocycles. The van der Waals surface area contributed by atoms with Gasteiger partial charge in [0.25, 0.3) is 0 Å². The Morgan fingerprint density at radius 3 is 2.53 bits per heavy atom. The Labute approximate surface area is 93.8 Å². The number of fused-ring (bicyclic) bond motifs is 2. The highest BCUT2D eigenvalue weighted by Crippen LogP contribution is 2.34. The Morgan fingerprint density at radius 2 is 2.00 bits per heavy atom. The van der Waals surface area contributed by atoms with Gasteiger partial charge in [0.05, 0.1) is 12.2 Å². The minimum absolute atomic E-state index is 0.525. The number of hydrogen-bond acceptors (Lipinski definition) is 2. The molecule has 2 fully saturated rings. The third-order valence-electron chi connectivity index (χ3n) is 3.78. The van der Waals surface area contributed by atoms with Gasteiger partial charge in [0.15, 0.2) is 0 Å². The molecular formula is C13H25NO. The molecule has 0 amide bonds. The first-order valence-electron chi connectivity index (χ1n) is 6.56. The maximum absolute atomic E-state index is 5.85. The second kappa shape index (κ2) is 4.84. The van der Waals surface area contributed by atoms with Crippen LogP contribution in [0, 0.1) is 5.92 Å². The lowest BCUT2D eigenvalue weighted by atomic mass is 9.94. The third-order valence-corrected chi connectivity index (χ3v) is 3.78. The molecule has 88 valence electrons. The monoisotopic (exact) mass is 211 g/mol. The summed E-state index contributed by atoms with van der Waals surface area (Å²) in [6, 6.07) is 1.30. The molecule has 0 spiro atoms. The lowest BCUT2D eigenvalue weighted by molar-refractivity contribution is 0.0960. The molecule has 4 atom stereocenters. The zero-order chi connectivity index (χ0) is 10.8. The Bertz CT molecular complexity index is 205. The van der Waals surface area contributed by atoms with Crippen LogP contribution in [0.25, 0.3) is 0 Å². The molecule has 2 saturated heterocycles. The number of nitrogens with one attached hydrogen (secondary N) is 1. The van der Waals surface area contributed by atoms with Gasteiger partial charge in [0, 0.05) is 12.1 Å². The standard InChI is InChI=1S/C13H25NO/c1-9(2)4-5-10(3)14-12-8-11-6-7-13(12)15-11/h9-14H,4-8H2,1-3H3. The van der Waals surface area contributed by atoms with E-state index >= 15 is 0 Å². The zero-order valence-electron chi connectivity index (χ0n) is 10.3. The summed E-state index contributed by atoms with van der Waals surface area (Å²) in [6.07, 6.45) is 7.54. The molecule has 2 heteroatoms. The fourth-order valence-electron chi connectivity index (χ4n) is 2.85. The molecule has 0 aromatic rings. The van der Waals surface area contributed by atoms with Gasteiger partial charge >= 0.3 is 0 Å². The zero-order valence-corrected chi connectivity index (χ0v) is 10.3. The topological polar surface area (TPSA) is 21.3 Å². The summed E-state index contributed by atoms with van der Waals surface area (Å²) >= 11 is 0. The molecule has 2 rings (SSSR count). The van der Waals surface area contributed by atoms with Crippen LogP contribution >= 0.6 is 0 Å². The van der Waals surface area contributed by atoms with Gasteiger partial charge in [-0.3, -0.25) is 0 Å². The predicted molar refractivity (Wildman–Crippen MR) is 63.0 cm³/mol. The molecule has 0 aliphatic carbocycles. The van der Waals surface area contributed by atoms with E-state index in [0.29, 0.717) is 24.3 Å². The Hall–Kier alpha value is -0.0800. The van der Waals surface area contributed by atoms with Crippen molar-refractivity contribution in [2.24, 2.45) is 5.92 Å². The van der Waals surface area contributed by atoms with Crippen molar-refractivity contribution in [1.82, 2.24) is 5.32 Å².